The Bertz CT molecular complexity index is 478. The van der Waals surface area contributed by atoms with E-state index in [1.165, 1.54) is 9.79 Å². The van der Waals surface area contributed by atoms with Gasteiger partial charge >= 0.3 is 0 Å². The predicted molar refractivity (Wildman–Crippen MR) is 88.6 cm³/mol. The molecule has 0 radical (unpaired) electrons. The summed E-state index contributed by atoms with van der Waals surface area (Å²) in [7, 11) is 0.178. The fourth-order valence-electron chi connectivity index (χ4n) is 1.66. The minimum atomic E-state index is 0.0892. The van der Waals surface area contributed by atoms with Gasteiger partial charge < -0.3 is 0 Å². The summed E-state index contributed by atoms with van der Waals surface area (Å²) in [6.07, 6.45) is 0. The van der Waals surface area contributed by atoms with E-state index in [9.17, 15) is 0 Å². The normalized spacial score (nSPS) is 14.0. The average Bonchev–Trinajstić information content (AvgIpc) is 2.46. The molecule has 0 fully saturated rings. The lowest BCUT2D eigenvalue weighted by molar-refractivity contribution is 1.41. The maximum atomic E-state index is 4.28. The van der Waals surface area contributed by atoms with Crippen molar-refractivity contribution in [2.24, 2.45) is 0 Å². The summed E-state index contributed by atoms with van der Waals surface area (Å²) in [6, 6.07) is 21.1. The summed E-state index contributed by atoms with van der Waals surface area (Å²) in [5.41, 5.74) is 0. The zero-order chi connectivity index (χ0) is 12.8. The van der Waals surface area contributed by atoms with Crippen molar-refractivity contribution in [3.05, 3.63) is 60.7 Å². The molecule has 0 saturated carbocycles. The first-order valence-electron chi connectivity index (χ1n) is 5.88. The summed E-state index contributed by atoms with van der Waals surface area (Å²) < 4.78 is 0. The first-order chi connectivity index (χ1) is 8.77. The van der Waals surface area contributed by atoms with E-state index in [0.717, 1.165) is 11.5 Å². The van der Waals surface area contributed by atoms with Gasteiger partial charge in [-0.3, -0.25) is 0 Å². The van der Waals surface area contributed by atoms with E-state index in [0.29, 0.717) is 0 Å². The van der Waals surface area contributed by atoms with E-state index in [-0.39, 0.29) is 21.0 Å². The molecule has 2 rings (SSSR count). The highest BCUT2D eigenvalue weighted by atomic mass is 32.2. The van der Waals surface area contributed by atoms with Gasteiger partial charge in [0.1, 0.15) is 0 Å². The molecule has 0 nitrogen and oxygen atoms in total. The average molecular weight is 274 g/mol. The van der Waals surface area contributed by atoms with Crippen molar-refractivity contribution >= 4 is 32.7 Å². The van der Waals surface area contributed by atoms with Gasteiger partial charge in [-0.05, 0) is 24.3 Å². The van der Waals surface area contributed by atoms with Gasteiger partial charge in [0, 0.05) is 21.3 Å². The minimum Gasteiger partial charge on any atom is -0.161 e. The van der Waals surface area contributed by atoms with Crippen molar-refractivity contribution in [3.8, 4) is 0 Å². The molecule has 2 atom stereocenters. The molecule has 0 heterocycles. The molecular formula is C16H18S2. The van der Waals surface area contributed by atoms with Crippen LogP contribution >= 0.6 is 21.0 Å². The third kappa shape index (κ3) is 3.69. The topological polar surface area (TPSA) is 0 Å². The molecule has 0 aliphatic rings. The van der Waals surface area contributed by atoms with Crippen LogP contribution in [-0.2, 0) is 0 Å². The van der Waals surface area contributed by atoms with Crippen LogP contribution in [0.3, 0.4) is 0 Å². The van der Waals surface area contributed by atoms with Crippen LogP contribution in [0.2, 0.25) is 0 Å². The van der Waals surface area contributed by atoms with Crippen LogP contribution < -0.4 is 0 Å². The Morgan fingerprint density at radius 1 is 0.611 bits per heavy atom. The quantitative estimate of drug-likeness (QED) is 0.704. The molecule has 2 unspecified atom stereocenters. The van der Waals surface area contributed by atoms with Gasteiger partial charge in [-0.2, -0.15) is 21.0 Å². The van der Waals surface area contributed by atoms with Crippen molar-refractivity contribution in [3.63, 3.8) is 0 Å². The molecule has 0 aliphatic heterocycles. The van der Waals surface area contributed by atoms with E-state index >= 15 is 0 Å². The Morgan fingerprint density at radius 3 is 1.28 bits per heavy atom. The lowest BCUT2D eigenvalue weighted by atomic mass is 10.4. The molecule has 18 heavy (non-hydrogen) atoms. The minimum absolute atomic E-state index is 0.0892. The molecule has 2 aromatic rings. The van der Waals surface area contributed by atoms with E-state index in [1.54, 1.807) is 0 Å². The maximum Gasteiger partial charge on any atom is 0.00114 e. The highest BCUT2D eigenvalue weighted by Gasteiger charge is 2.00. The fourth-order valence-corrected chi connectivity index (χ4v) is 4.83. The van der Waals surface area contributed by atoms with E-state index < -0.39 is 0 Å². The summed E-state index contributed by atoms with van der Waals surface area (Å²) in [5, 5.41) is 0. The van der Waals surface area contributed by atoms with Gasteiger partial charge in [0.15, 0.2) is 0 Å². The third-order valence-electron chi connectivity index (χ3n) is 2.73. The maximum absolute atomic E-state index is 4.28. The van der Waals surface area contributed by atoms with Gasteiger partial charge in [0.05, 0.1) is 0 Å². The van der Waals surface area contributed by atoms with Gasteiger partial charge in [0.25, 0.3) is 0 Å². The van der Waals surface area contributed by atoms with Gasteiger partial charge in [0.2, 0.25) is 0 Å². The smallest absolute Gasteiger partial charge is 0.00114 e. The van der Waals surface area contributed by atoms with Gasteiger partial charge in [-0.15, -0.1) is 0 Å². The fraction of sp³-hybridized carbons (Fsp3) is 0.125. The molecule has 0 saturated heterocycles. The Labute approximate surface area is 115 Å². The second-order valence-corrected chi connectivity index (χ2v) is 7.75. The molecule has 0 aromatic heterocycles. The number of benzene rings is 2. The molecule has 2 heteroatoms. The van der Waals surface area contributed by atoms with Crippen LogP contribution in [-0.4, -0.2) is 23.2 Å². The Hall–Kier alpha value is -1.12. The predicted octanol–water partition coefficient (Wildman–Crippen LogP) is 4.51. The van der Waals surface area contributed by atoms with Gasteiger partial charge in [-0.25, -0.2) is 0 Å². The summed E-state index contributed by atoms with van der Waals surface area (Å²) in [5.74, 6) is 10.8. The van der Waals surface area contributed by atoms with E-state index in [2.05, 4.69) is 72.4 Å². The lowest BCUT2D eigenvalue weighted by Gasteiger charge is -2.10. The molecule has 0 bridgehead atoms. The first kappa shape index (κ1) is 13.3. The van der Waals surface area contributed by atoms with Crippen LogP contribution in [0.15, 0.2) is 70.5 Å². The van der Waals surface area contributed by atoms with Crippen LogP contribution in [0.1, 0.15) is 0 Å². The van der Waals surface area contributed by atoms with Crippen molar-refractivity contribution in [1.29, 1.82) is 0 Å². The lowest BCUT2D eigenvalue weighted by Crippen LogP contribution is -1.90. The molecule has 2 aromatic carbocycles. The molecular weight excluding hydrogens is 256 g/mol. The summed E-state index contributed by atoms with van der Waals surface area (Å²) in [4.78, 5) is 2.70. The van der Waals surface area contributed by atoms with Crippen molar-refractivity contribution in [2.75, 3.05) is 11.5 Å². The van der Waals surface area contributed by atoms with E-state index in [1.807, 2.05) is 0 Å². The Kier molecular flexibility index (Phi) is 4.97. The Morgan fingerprint density at radius 2 is 0.944 bits per heavy atom. The Balaban J connectivity index is 1.93. The second kappa shape index (κ2) is 6.72. The largest absolute Gasteiger partial charge is 0.161 e. The molecule has 0 amide bonds. The van der Waals surface area contributed by atoms with Crippen molar-refractivity contribution < 1.29 is 0 Å². The standard InChI is InChI=1S/C16H18S2/c1-17(15-9-5-3-6-10-15)13-14-18(2)16-11-7-4-8-12-16/h3-12H,1-2,13-14H2. The van der Waals surface area contributed by atoms with Crippen LogP contribution in [0.5, 0.6) is 0 Å². The zero-order valence-electron chi connectivity index (χ0n) is 10.4. The second-order valence-electron chi connectivity index (χ2n) is 4.02. The highest BCUT2D eigenvalue weighted by Crippen LogP contribution is 2.29. The van der Waals surface area contributed by atoms with Gasteiger partial charge in [-0.1, -0.05) is 48.1 Å². The zero-order valence-corrected chi connectivity index (χ0v) is 12.1. The molecule has 94 valence electrons. The van der Waals surface area contributed by atoms with Crippen LogP contribution in [0.25, 0.3) is 0 Å². The van der Waals surface area contributed by atoms with E-state index in [4.69, 9.17) is 0 Å². The molecule has 0 spiro atoms. The van der Waals surface area contributed by atoms with Crippen molar-refractivity contribution in [2.45, 2.75) is 9.79 Å². The third-order valence-corrected chi connectivity index (χ3v) is 6.26. The number of hydrogen-bond acceptors (Lipinski definition) is 0. The number of rotatable bonds is 5. The summed E-state index contributed by atoms with van der Waals surface area (Å²) in [6.45, 7) is 0. The van der Waals surface area contributed by atoms with Crippen LogP contribution in [0.4, 0.5) is 0 Å². The SMILES string of the molecule is C=S(CCS(=C)c1ccccc1)c1ccccc1. The monoisotopic (exact) mass is 274 g/mol. The highest BCUT2D eigenvalue weighted by molar-refractivity contribution is 8.17. The van der Waals surface area contributed by atoms with Crippen molar-refractivity contribution in [1.82, 2.24) is 0 Å². The first-order valence-corrected chi connectivity index (χ1v) is 9.01. The molecule has 0 aliphatic carbocycles. The summed E-state index contributed by atoms with van der Waals surface area (Å²) >= 11 is 0. The van der Waals surface area contributed by atoms with Crippen LogP contribution in [0, 0.1) is 0 Å². The number of hydrogen-bond donors (Lipinski definition) is 0. The molecule has 0 N–H and O–H groups in total.